The Morgan fingerprint density at radius 2 is 2.22 bits per heavy atom. The number of benzene rings is 1. The van der Waals surface area contributed by atoms with Crippen LogP contribution in [0.4, 0.5) is 5.69 Å². The predicted molar refractivity (Wildman–Crippen MR) is 66.9 cm³/mol. The van der Waals surface area contributed by atoms with Crippen LogP contribution in [0, 0.1) is 5.92 Å². The van der Waals surface area contributed by atoms with Crippen LogP contribution in [-0.4, -0.2) is 25.0 Å². The monoisotopic (exact) mass is 248 g/mol. The van der Waals surface area contributed by atoms with Gasteiger partial charge in [0.15, 0.2) is 0 Å². The van der Waals surface area contributed by atoms with Gasteiger partial charge < -0.3 is 15.8 Å². The Kier molecular flexibility index (Phi) is 3.94. The van der Waals surface area contributed by atoms with E-state index in [2.05, 4.69) is 5.32 Å². The van der Waals surface area contributed by atoms with Crippen molar-refractivity contribution in [2.45, 2.75) is 12.8 Å². The molecule has 0 aliphatic carbocycles. The number of piperidine rings is 1. The fourth-order valence-corrected chi connectivity index (χ4v) is 1.95. The Labute approximate surface area is 105 Å². The van der Waals surface area contributed by atoms with Crippen LogP contribution in [0.5, 0.6) is 0 Å². The minimum Gasteiger partial charge on any atom is -0.399 e. The number of nitrogens with one attached hydrogen (secondary N) is 1. The highest BCUT2D eigenvalue weighted by atomic mass is 16.6. The molecule has 5 heteroatoms. The lowest BCUT2D eigenvalue weighted by Gasteiger charge is -2.20. The van der Waals surface area contributed by atoms with Crippen LogP contribution in [0.25, 0.3) is 0 Å². The quantitative estimate of drug-likeness (QED) is 0.462. The normalized spacial score (nSPS) is 19.2. The average Bonchev–Trinajstić information content (AvgIpc) is 2.39. The third-order valence-electron chi connectivity index (χ3n) is 2.95. The smallest absolute Gasteiger partial charge is 0.345 e. The summed E-state index contributed by atoms with van der Waals surface area (Å²) in [4.78, 5) is 23.5. The maximum atomic E-state index is 11.8. The Bertz CT molecular complexity index is 453. The number of nitrogen functional groups attached to an aromatic ring is 1. The minimum atomic E-state index is -0.641. The van der Waals surface area contributed by atoms with Crippen molar-refractivity contribution in [2.75, 3.05) is 18.8 Å². The molecule has 0 saturated carbocycles. The molecular weight excluding hydrogens is 232 g/mol. The third kappa shape index (κ3) is 3.07. The molecule has 1 aromatic carbocycles. The highest BCUT2D eigenvalue weighted by Crippen LogP contribution is 2.14. The van der Waals surface area contributed by atoms with E-state index in [0.29, 0.717) is 17.8 Å². The van der Waals surface area contributed by atoms with Crippen molar-refractivity contribution in [3.8, 4) is 0 Å². The van der Waals surface area contributed by atoms with Crippen molar-refractivity contribution in [1.82, 2.24) is 5.32 Å². The number of nitrogens with two attached hydrogens (primary N) is 1. The van der Waals surface area contributed by atoms with Gasteiger partial charge in [0.05, 0.1) is 11.5 Å². The minimum absolute atomic E-state index is 0.233. The Hall–Kier alpha value is -1.88. The molecule has 1 aliphatic rings. The number of carbonyl (C=O) groups is 2. The van der Waals surface area contributed by atoms with Crippen molar-refractivity contribution in [1.29, 1.82) is 0 Å². The lowest BCUT2D eigenvalue weighted by atomic mass is 10.0. The molecule has 18 heavy (non-hydrogen) atoms. The molecule has 1 aliphatic heterocycles. The highest BCUT2D eigenvalue weighted by molar-refractivity contribution is 5.97. The zero-order valence-electron chi connectivity index (χ0n) is 10.0. The highest BCUT2D eigenvalue weighted by Gasteiger charge is 2.25. The topological polar surface area (TPSA) is 81.4 Å². The summed E-state index contributed by atoms with van der Waals surface area (Å²) in [5.41, 5.74) is 6.33. The third-order valence-corrected chi connectivity index (χ3v) is 2.95. The summed E-state index contributed by atoms with van der Waals surface area (Å²) in [5, 5.41) is 3.11. The van der Waals surface area contributed by atoms with Crippen LogP contribution in [0.15, 0.2) is 24.3 Å². The first-order valence-corrected chi connectivity index (χ1v) is 5.99. The number of ether oxygens (including phenoxy) is 1. The number of rotatable bonds is 2. The summed E-state index contributed by atoms with van der Waals surface area (Å²) < 4.78 is 4.86. The number of esters is 2. The zero-order valence-corrected chi connectivity index (χ0v) is 10.0. The van der Waals surface area contributed by atoms with Gasteiger partial charge in [0, 0.05) is 12.2 Å². The molecule has 0 radical (unpaired) electrons. The van der Waals surface area contributed by atoms with E-state index in [-0.39, 0.29) is 5.92 Å². The van der Waals surface area contributed by atoms with Crippen molar-refractivity contribution >= 4 is 17.6 Å². The summed E-state index contributed by atoms with van der Waals surface area (Å²) in [7, 11) is 0. The molecule has 1 unspecified atom stereocenters. The molecule has 96 valence electrons. The Morgan fingerprint density at radius 1 is 1.39 bits per heavy atom. The number of hydrogen-bond donors (Lipinski definition) is 2. The van der Waals surface area contributed by atoms with E-state index in [9.17, 15) is 9.59 Å². The van der Waals surface area contributed by atoms with Gasteiger partial charge in [0.25, 0.3) is 0 Å². The molecule has 2 rings (SSSR count). The van der Waals surface area contributed by atoms with Crippen molar-refractivity contribution in [2.24, 2.45) is 5.92 Å². The maximum Gasteiger partial charge on any atom is 0.345 e. The second kappa shape index (κ2) is 5.64. The van der Waals surface area contributed by atoms with Crippen LogP contribution < -0.4 is 11.1 Å². The summed E-state index contributed by atoms with van der Waals surface area (Å²) in [6, 6.07) is 6.39. The molecule has 1 fully saturated rings. The van der Waals surface area contributed by atoms with Crippen molar-refractivity contribution < 1.29 is 14.3 Å². The van der Waals surface area contributed by atoms with Crippen LogP contribution in [0.2, 0.25) is 0 Å². The van der Waals surface area contributed by atoms with E-state index in [4.69, 9.17) is 10.5 Å². The van der Waals surface area contributed by atoms with E-state index in [1.54, 1.807) is 18.2 Å². The first-order chi connectivity index (χ1) is 8.66. The van der Waals surface area contributed by atoms with Gasteiger partial charge >= 0.3 is 11.9 Å². The molecule has 1 saturated heterocycles. The Morgan fingerprint density at radius 3 is 2.89 bits per heavy atom. The Balaban J connectivity index is 1.96. The first-order valence-electron chi connectivity index (χ1n) is 5.99. The maximum absolute atomic E-state index is 11.8. The van der Waals surface area contributed by atoms with Gasteiger partial charge in [0.2, 0.25) is 0 Å². The molecule has 0 aromatic heterocycles. The van der Waals surface area contributed by atoms with Crippen LogP contribution in [0.1, 0.15) is 23.2 Å². The van der Waals surface area contributed by atoms with Gasteiger partial charge in [-0.2, -0.15) is 0 Å². The number of anilines is 1. The second-order valence-corrected chi connectivity index (χ2v) is 4.38. The zero-order chi connectivity index (χ0) is 13.0. The lowest BCUT2D eigenvalue weighted by Crippen LogP contribution is -2.36. The second-order valence-electron chi connectivity index (χ2n) is 4.38. The molecule has 0 amide bonds. The van der Waals surface area contributed by atoms with Crippen molar-refractivity contribution in [3.63, 3.8) is 0 Å². The van der Waals surface area contributed by atoms with Gasteiger partial charge in [-0.1, -0.05) is 6.07 Å². The SMILES string of the molecule is Nc1cccc(C(=O)OC(=O)C2CCCNC2)c1. The first kappa shape index (κ1) is 12.6. The van der Waals surface area contributed by atoms with E-state index in [0.717, 1.165) is 19.4 Å². The van der Waals surface area contributed by atoms with E-state index in [1.807, 2.05) is 0 Å². The van der Waals surface area contributed by atoms with Gasteiger partial charge in [-0.3, -0.25) is 4.79 Å². The fourth-order valence-electron chi connectivity index (χ4n) is 1.95. The predicted octanol–water partition coefficient (Wildman–Crippen LogP) is 0.952. The number of hydrogen-bond acceptors (Lipinski definition) is 5. The lowest BCUT2D eigenvalue weighted by molar-refractivity contribution is -0.143. The molecule has 1 heterocycles. The molecule has 1 atom stereocenters. The van der Waals surface area contributed by atoms with Gasteiger partial charge in [-0.05, 0) is 37.6 Å². The van der Waals surface area contributed by atoms with Crippen LogP contribution in [0.3, 0.4) is 0 Å². The molecule has 1 aromatic rings. The fraction of sp³-hybridized carbons (Fsp3) is 0.385. The standard InChI is InChI=1S/C13H16N2O3/c14-11-5-1-3-9(7-11)12(16)18-13(17)10-4-2-6-15-8-10/h1,3,5,7,10,15H,2,4,6,8,14H2. The summed E-state index contributed by atoms with van der Waals surface area (Å²) >= 11 is 0. The number of carbonyl (C=O) groups excluding carboxylic acids is 2. The largest absolute Gasteiger partial charge is 0.399 e. The van der Waals surface area contributed by atoms with E-state index < -0.39 is 11.9 Å². The molecular formula is C13H16N2O3. The van der Waals surface area contributed by atoms with Crippen LogP contribution >= 0.6 is 0 Å². The molecule has 0 bridgehead atoms. The van der Waals surface area contributed by atoms with E-state index in [1.165, 1.54) is 6.07 Å². The summed E-state index contributed by atoms with van der Waals surface area (Å²) in [6.45, 7) is 1.48. The van der Waals surface area contributed by atoms with Gasteiger partial charge in [-0.25, -0.2) is 4.79 Å². The van der Waals surface area contributed by atoms with Gasteiger partial charge in [-0.15, -0.1) is 0 Å². The van der Waals surface area contributed by atoms with Crippen molar-refractivity contribution in [3.05, 3.63) is 29.8 Å². The molecule has 5 nitrogen and oxygen atoms in total. The van der Waals surface area contributed by atoms with E-state index >= 15 is 0 Å². The van der Waals surface area contributed by atoms with Gasteiger partial charge in [0.1, 0.15) is 0 Å². The molecule has 3 N–H and O–H groups in total. The summed E-state index contributed by atoms with van der Waals surface area (Å²) in [5.74, 6) is -1.34. The van der Waals surface area contributed by atoms with Crippen LogP contribution in [-0.2, 0) is 9.53 Å². The summed E-state index contributed by atoms with van der Waals surface area (Å²) in [6.07, 6.45) is 1.68. The average molecular weight is 248 g/mol. The molecule has 0 spiro atoms.